The van der Waals surface area contributed by atoms with E-state index in [9.17, 15) is 22.8 Å². The van der Waals surface area contributed by atoms with Gasteiger partial charge in [0.25, 0.3) is 0 Å². The first-order valence-corrected chi connectivity index (χ1v) is 26.6. The normalized spacial score (nSPS) is 14.0. The number of hydrogen-bond donors (Lipinski definition) is 0. The molecule has 0 amide bonds. The number of aromatic nitrogens is 4. The molecule has 0 aliphatic rings. The average molecular weight is 1030 g/mol. The van der Waals surface area contributed by atoms with Gasteiger partial charge in [0.1, 0.15) is 6.07 Å². The highest BCUT2D eigenvalue weighted by Crippen LogP contribution is 2.54. The van der Waals surface area contributed by atoms with Crippen molar-refractivity contribution < 1.29 is 13.7 Å². The zero-order chi connectivity index (χ0) is 59.5. The lowest BCUT2D eigenvalue weighted by Gasteiger charge is -2.27. The van der Waals surface area contributed by atoms with Crippen LogP contribution in [-0.4, -0.2) is 18.3 Å². The smallest absolute Gasteiger partial charge is 0.237 e. The van der Waals surface area contributed by atoms with Gasteiger partial charge in [-0.05, 0) is 61.5 Å². The molecule has 6 aromatic heterocycles. The lowest BCUT2D eigenvalue weighted by Crippen LogP contribution is -2.14. The lowest BCUT2D eigenvalue weighted by molar-refractivity contribution is 1.04. The summed E-state index contributed by atoms with van der Waals surface area (Å²) >= 11 is 2.60. The number of hydrogen-bond acceptors (Lipinski definition) is 3. The van der Waals surface area contributed by atoms with Crippen molar-refractivity contribution in [3.8, 4) is 28.8 Å². The molecule has 0 fully saturated rings. The van der Waals surface area contributed by atoms with E-state index >= 15 is 0 Å². The fourth-order valence-electron chi connectivity index (χ4n) is 12.5. The van der Waals surface area contributed by atoms with Gasteiger partial charge in [0.05, 0.1) is 102 Å². The Morgan fingerprint density at radius 2 is 0.935 bits per heavy atom. The molecule has 6 heterocycles. The molecule has 77 heavy (non-hydrogen) atoms. The maximum Gasteiger partial charge on any atom is 0.237 e. The van der Waals surface area contributed by atoms with Crippen LogP contribution < -0.4 is 0 Å². The molecule has 8 heteroatoms. The molecule has 356 valence electrons. The molecule has 0 atom stereocenters. The van der Waals surface area contributed by atoms with Gasteiger partial charge >= 0.3 is 0 Å². The van der Waals surface area contributed by atoms with E-state index in [1.165, 1.54) is 4.57 Å². The molecule has 17 aromatic rings. The zero-order valence-corrected chi connectivity index (χ0v) is 42.1. The fraction of sp³-hybridized carbons (Fsp3) is 0.0145. The van der Waals surface area contributed by atoms with Gasteiger partial charge in [-0.3, -0.25) is 0 Å². The molecule has 0 saturated heterocycles. The van der Waals surface area contributed by atoms with Gasteiger partial charge in [-0.15, -0.1) is 22.7 Å². The summed E-state index contributed by atoms with van der Waals surface area (Å²) in [6.07, 6.45) is 0. The van der Waals surface area contributed by atoms with Crippen LogP contribution in [0.15, 0.2) is 212 Å². The van der Waals surface area contributed by atoms with Gasteiger partial charge in [-0.2, -0.15) is 5.26 Å². The summed E-state index contributed by atoms with van der Waals surface area (Å²) in [4.78, 5) is 4.67. The van der Waals surface area contributed by atoms with Crippen LogP contribution in [0, 0.1) is 24.8 Å². The quantitative estimate of drug-likeness (QED) is 0.162. The second-order valence-electron chi connectivity index (χ2n) is 19.4. The van der Waals surface area contributed by atoms with Crippen LogP contribution in [0.3, 0.4) is 0 Å². The summed E-state index contributed by atoms with van der Waals surface area (Å²) in [6.45, 7) is 12.0. The van der Waals surface area contributed by atoms with E-state index in [4.69, 9.17) is 2.74 Å². The minimum Gasteiger partial charge on any atom is -0.317 e. The first-order valence-electron chi connectivity index (χ1n) is 30.0. The molecule has 0 saturated carbocycles. The maximum atomic E-state index is 12.9. The summed E-state index contributed by atoms with van der Waals surface area (Å²) in [6, 6.07) is 48.4. The Bertz CT molecular complexity index is 5940. The van der Waals surface area contributed by atoms with Crippen molar-refractivity contribution in [1.29, 1.82) is 5.26 Å². The van der Waals surface area contributed by atoms with Gasteiger partial charge in [-0.1, -0.05) is 163 Å². The van der Waals surface area contributed by atoms with E-state index in [1.54, 1.807) is 11.3 Å². The predicted octanol–water partition coefficient (Wildman–Crippen LogP) is 19.5. The third-order valence-electron chi connectivity index (χ3n) is 15.5. The monoisotopic (exact) mass is 1020 g/mol. The number of nitrogens with zero attached hydrogens (tertiary/aromatic N) is 6. The lowest BCUT2D eigenvalue weighted by atomic mass is 10.0. The van der Waals surface area contributed by atoms with Crippen LogP contribution in [-0.2, 0) is 0 Å². The molecule has 0 unspecified atom stereocenters. The summed E-state index contributed by atoms with van der Waals surface area (Å²) in [5.74, 6) is 0. The van der Waals surface area contributed by atoms with Gasteiger partial charge in [0.2, 0.25) is 5.69 Å². The van der Waals surface area contributed by atoms with Gasteiger partial charge in [0.15, 0.2) is 0 Å². The van der Waals surface area contributed by atoms with Crippen LogP contribution >= 0.6 is 22.7 Å². The highest BCUT2D eigenvalue weighted by atomic mass is 32.1. The number of thiophene rings is 2. The maximum absolute atomic E-state index is 12.9. The summed E-state index contributed by atoms with van der Waals surface area (Å²) < 4.78 is 105. The highest BCUT2D eigenvalue weighted by Gasteiger charge is 2.35. The van der Waals surface area contributed by atoms with Gasteiger partial charge in [-0.25, -0.2) is 4.85 Å². The van der Waals surface area contributed by atoms with Crippen molar-refractivity contribution in [3.63, 3.8) is 0 Å². The van der Waals surface area contributed by atoms with E-state index in [0.29, 0.717) is 39.1 Å². The number of rotatable bonds is 4. The minimum atomic E-state index is -0.626. The summed E-state index contributed by atoms with van der Waals surface area (Å²) in [5.41, 5.74) is 6.12. The number of nitriles is 1. The molecule has 17 rings (SSSR count). The molecule has 0 N–H and O–H groups in total. The molecular formula is C69H38N6S2. The third kappa shape index (κ3) is 5.49. The van der Waals surface area contributed by atoms with Crippen molar-refractivity contribution in [2.45, 2.75) is 6.92 Å². The second-order valence-corrected chi connectivity index (χ2v) is 21.5. The van der Waals surface area contributed by atoms with E-state index in [0.717, 1.165) is 80.4 Å². The van der Waals surface area contributed by atoms with E-state index in [1.807, 2.05) is 109 Å². The van der Waals surface area contributed by atoms with Crippen molar-refractivity contribution in [3.05, 3.63) is 235 Å². The van der Waals surface area contributed by atoms with Crippen LogP contribution in [0.1, 0.15) is 24.8 Å². The van der Waals surface area contributed by atoms with Crippen LogP contribution in [0.25, 0.3) is 155 Å². The fourth-order valence-corrected chi connectivity index (χ4v) is 14.8. The first-order chi connectivity index (χ1) is 42.2. The standard InChI is InChI=1S/C69H38N6S2/c1-39-31-36-58-51(37-39)48-33-35-50-46-23-9-16-30-60(46)77-69(50)65(48)75(58)67-63(72-53-24-10-3-17-40(53)41-18-4-11-25-54(41)72)52(38-70)62(61(71-2)66(67)73-55-26-12-5-19-42(55)43-20-6-13-27-56(43)73)74-57-28-14-7-21-44(57)47-32-34-49-45-22-8-15-29-59(45)76-68(49)64(47)74/h3-37H,1H3/i7D,8D,14D,15D,21D,22D,28D,29D,32D,34D. The van der Waals surface area contributed by atoms with Gasteiger partial charge in [0, 0.05) is 74.0 Å². The number of benzene rings is 11. The Labute approximate surface area is 461 Å². The number of aryl methyl sites for hydroxylation is 1. The second kappa shape index (κ2) is 15.5. The van der Waals surface area contributed by atoms with Crippen molar-refractivity contribution in [1.82, 2.24) is 18.3 Å². The molecule has 6 nitrogen and oxygen atoms in total. The Balaban J connectivity index is 1.24. The Morgan fingerprint density at radius 3 is 1.61 bits per heavy atom. The Kier molecular flexibility index (Phi) is 6.82. The van der Waals surface area contributed by atoms with Crippen molar-refractivity contribution in [2.75, 3.05) is 0 Å². The van der Waals surface area contributed by atoms with E-state index in [-0.39, 0.29) is 65.0 Å². The third-order valence-corrected chi connectivity index (χ3v) is 17.8. The van der Waals surface area contributed by atoms with Crippen LogP contribution in [0.5, 0.6) is 0 Å². The Morgan fingerprint density at radius 1 is 0.416 bits per heavy atom. The molecule has 0 radical (unpaired) electrons. The van der Waals surface area contributed by atoms with Crippen LogP contribution in [0.4, 0.5) is 5.69 Å². The topological polar surface area (TPSA) is 47.9 Å². The summed E-state index contributed by atoms with van der Waals surface area (Å²) in [5, 5.41) is 20.0. The summed E-state index contributed by atoms with van der Waals surface area (Å²) in [7, 11) is 0. The SMILES string of the molecule is [2H]c1c([2H])c([2H])c2c(sc3c2c([2H])c([2H])c2c4c([2H])c([2H])c([2H])c([2H])c4n(-c4c(C#N)c(-n5c6ccccc6c6ccccc65)c(-n5c6ccc(C)cc6c6ccc7c8ccccc8sc7c65)c(-n5c6ccccc6c6ccccc65)c4[N+]#[C-])c32)c1[2H]. The molecule has 0 aliphatic carbocycles. The molecule has 0 spiro atoms. The molecular weight excluding hydrogens is 977 g/mol. The highest BCUT2D eigenvalue weighted by molar-refractivity contribution is 7.27. The zero-order valence-electron chi connectivity index (χ0n) is 50.4. The van der Waals surface area contributed by atoms with Crippen molar-refractivity contribution in [2.24, 2.45) is 0 Å². The molecule has 0 bridgehead atoms. The minimum absolute atomic E-state index is 0.00327. The number of para-hydroxylation sites is 5. The van der Waals surface area contributed by atoms with Crippen molar-refractivity contribution >= 4 is 156 Å². The largest absolute Gasteiger partial charge is 0.317 e. The Hall–Kier alpha value is -9.96. The first kappa shape index (κ1) is 33.8. The van der Waals surface area contributed by atoms with Gasteiger partial charge < -0.3 is 18.3 Å². The van der Waals surface area contributed by atoms with E-state index < -0.39 is 54.4 Å². The average Bonchev–Trinajstić information content (AvgIpc) is 1.56. The van der Waals surface area contributed by atoms with E-state index in [2.05, 4.69) is 74.0 Å². The molecule has 11 aromatic carbocycles. The predicted molar refractivity (Wildman–Crippen MR) is 325 cm³/mol. The number of fused-ring (bicyclic) bond motifs is 20. The molecule has 0 aliphatic heterocycles. The van der Waals surface area contributed by atoms with Crippen LogP contribution in [0.2, 0.25) is 0 Å².